The smallest absolute Gasteiger partial charge is 0.0700 e. The van der Waals surface area contributed by atoms with Gasteiger partial charge in [-0.15, -0.1) is 0 Å². The summed E-state index contributed by atoms with van der Waals surface area (Å²) in [5.74, 6) is 0. The average molecular weight is 249 g/mol. The van der Waals surface area contributed by atoms with Crippen LogP contribution < -0.4 is 5.32 Å². The fourth-order valence-corrected chi connectivity index (χ4v) is 2.22. The number of hydrogen-bond donors (Lipinski definition) is 1. The maximum atomic E-state index is 5.57. The van der Waals surface area contributed by atoms with E-state index in [1.807, 2.05) is 18.5 Å². The van der Waals surface area contributed by atoms with E-state index in [0.29, 0.717) is 6.10 Å². The van der Waals surface area contributed by atoms with Crippen LogP contribution in [0.5, 0.6) is 0 Å². The van der Waals surface area contributed by atoms with Gasteiger partial charge in [-0.1, -0.05) is 6.07 Å². The molecule has 1 saturated heterocycles. The van der Waals surface area contributed by atoms with Gasteiger partial charge in [-0.2, -0.15) is 0 Å². The molecule has 1 atom stereocenters. The molecule has 4 nitrogen and oxygen atoms in total. The summed E-state index contributed by atoms with van der Waals surface area (Å²) in [5, 5.41) is 3.46. The first-order valence-corrected chi connectivity index (χ1v) is 6.74. The highest BCUT2D eigenvalue weighted by Crippen LogP contribution is 2.10. The Hall–Kier alpha value is -0.970. The molecule has 0 amide bonds. The molecule has 1 aromatic rings. The zero-order valence-electron chi connectivity index (χ0n) is 11.1. The standard InChI is InChI=1S/C14H23N3O/c1-17(12-13-4-2-6-15-10-13)8-7-16-11-14-5-3-9-18-14/h2,4,6,10,14,16H,3,5,7-9,11-12H2,1H3. The third-order valence-electron chi connectivity index (χ3n) is 3.24. The molecule has 0 spiro atoms. The summed E-state index contributed by atoms with van der Waals surface area (Å²) >= 11 is 0. The monoisotopic (exact) mass is 249 g/mol. The first kappa shape index (κ1) is 13.5. The summed E-state index contributed by atoms with van der Waals surface area (Å²) in [4.78, 5) is 6.43. The molecule has 1 aliphatic rings. The van der Waals surface area contributed by atoms with Crippen LogP contribution in [-0.2, 0) is 11.3 Å². The third-order valence-corrected chi connectivity index (χ3v) is 3.24. The summed E-state index contributed by atoms with van der Waals surface area (Å²) < 4.78 is 5.57. The molecule has 2 rings (SSSR count). The molecule has 1 unspecified atom stereocenters. The largest absolute Gasteiger partial charge is 0.377 e. The van der Waals surface area contributed by atoms with Crippen LogP contribution in [0.4, 0.5) is 0 Å². The van der Waals surface area contributed by atoms with Crippen molar-refractivity contribution in [2.24, 2.45) is 0 Å². The molecule has 1 N–H and O–H groups in total. The van der Waals surface area contributed by atoms with Crippen LogP contribution in [0.15, 0.2) is 24.5 Å². The maximum absolute atomic E-state index is 5.57. The Kier molecular flexibility index (Phi) is 5.58. The fourth-order valence-electron chi connectivity index (χ4n) is 2.22. The summed E-state index contributed by atoms with van der Waals surface area (Å²) in [5.41, 5.74) is 1.26. The molecule has 0 aromatic carbocycles. The molecule has 2 heterocycles. The lowest BCUT2D eigenvalue weighted by molar-refractivity contribution is 0.109. The van der Waals surface area contributed by atoms with Crippen molar-refractivity contribution in [1.29, 1.82) is 0 Å². The lowest BCUT2D eigenvalue weighted by atomic mass is 10.2. The second-order valence-corrected chi connectivity index (χ2v) is 4.94. The summed E-state index contributed by atoms with van der Waals surface area (Å²) in [6.45, 7) is 4.93. The average Bonchev–Trinajstić information content (AvgIpc) is 2.89. The number of nitrogens with one attached hydrogen (secondary N) is 1. The van der Waals surface area contributed by atoms with Crippen LogP contribution in [0.25, 0.3) is 0 Å². The van der Waals surface area contributed by atoms with Gasteiger partial charge in [0.25, 0.3) is 0 Å². The van der Waals surface area contributed by atoms with Gasteiger partial charge in [-0.05, 0) is 31.5 Å². The van der Waals surface area contributed by atoms with Gasteiger partial charge >= 0.3 is 0 Å². The number of pyridine rings is 1. The van der Waals surface area contributed by atoms with Crippen LogP contribution in [0.1, 0.15) is 18.4 Å². The molecule has 1 fully saturated rings. The Balaban J connectivity index is 1.55. The van der Waals surface area contributed by atoms with E-state index in [1.54, 1.807) is 0 Å². The van der Waals surface area contributed by atoms with Crippen LogP contribution >= 0.6 is 0 Å². The zero-order chi connectivity index (χ0) is 12.6. The predicted octanol–water partition coefficient (Wildman–Crippen LogP) is 1.28. The number of rotatable bonds is 7. The topological polar surface area (TPSA) is 37.4 Å². The van der Waals surface area contributed by atoms with E-state index in [1.165, 1.54) is 18.4 Å². The van der Waals surface area contributed by atoms with E-state index < -0.39 is 0 Å². The van der Waals surface area contributed by atoms with Crippen LogP contribution in [-0.4, -0.2) is 49.3 Å². The number of nitrogens with zero attached hydrogens (tertiary/aromatic N) is 2. The van der Waals surface area contributed by atoms with Crippen molar-refractivity contribution < 1.29 is 4.74 Å². The molecule has 1 aromatic heterocycles. The molecule has 18 heavy (non-hydrogen) atoms. The molecular formula is C14H23N3O. The molecule has 100 valence electrons. The van der Waals surface area contributed by atoms with Gasteiger partial charge in [-0.3, -0.25) is 4.98 Å². The Labute approximate surface area is 109 Å². The molecule has 0 saturated carbocycles. The molecule has 1 aliphatic heterocycles. The zero-order valence-corrected chi connectivity index (χ0v) is 11.1. The van der Waals surface area contributed by atoms with Crippen molar-refractivity contribution in [3.63, 3.8) is 0 Å². The number of hydrogen-bond acceptors (Lipinski definition) is 4. The van der Waals surface area contributed by atoms with E-state index in [0.717, 1.165) is 32.8 Å². The highest BCUT2D eigenvalue weighted by atomic mass is 16.5. The van der Waals surface area contributed by atoms with Crippen LogP contribution in [0, 0.1) is 0 Å². The van der Waals surface area contributed by atoms with E-state index >= 15 is 0 Å². The van der Waals surface area contributed by atoms with E-state index in [2.05, 4.69) is 28.3 Å². The minimum Gasteiger partial charge on any atom is -0.377 e. The number of aromatic nitrogens is 1. The molecule has 4 heteroatoms. The van der Waals surface area contributed by atoms with Gasteiger partial charge in [-0.25, -0.2) is 0 Å². The third kappa shape index (κ3) is 4.72. The summed E-state index contributed by atoms with van der Waals surface area (Å²) in [6.07, 6.45) is 6.60. The first-order valence-electron chi connectivity index (χ1n) is 6.74. The van der Waals surface area contributed by atoms with Gasteiger partial charge in [0.1, 0.15) is 0 Å². The SMILES string of the molecule is CN(CCNCC1CCCO1)Cc1cccnc1. The van der Waals surface area contributed by atoms with E-state index in [-0.39, 0.29) is 0 Å². The van der Waals surface area contributed by atoms with Gasteiger partial charge in [0.05, 0.1) is 6.10 Å². The van der Waals surface area contributed by atoms with Gasteiger partial charge < -0.3 is 15.0 Å². The second-order valence-electron chi connectivity index (χ2n) is 4.94. The van der Waals surface area contributed by atoms with Crippen molar-refractivity contribution >= 4 is 0 Å². The first-order chi connectivity index (χ1) is 8.84. The highest BCUT2D eigenvalue weighted by molar-refractivity contribution is 5.07. The minimum absolute atomic E-state index is 0.439. The number of likely N-dealkylation sites (N-methyl/N-ethyl adjacent to an activating group) is 1. The lowest BCUT2D eigenvalue weighted by Gasteiger charge is -2.17. The van der Waals surface area contributed by atoms with Crippen molar-refractivity contribution in [3.8, 4) is 0 Å². The van der Waals surface area contributed by atoms with Crippen molar-refractivity contribution in [1.82, 2.24) is 15.2 Å². The summed E-state index contributed by atoms with van der Waals surface area (Å²) in [7, 11) is 2.14. The second kappa shape index (κ2) is 7.46. The number of ether oxygens (including phenoxy) is 1. The summed E-state index contributed by atoms with van der Waals surface area (Å²) in [6, 6.07) is 4.10. The fraction of sp³-hybridized carbons (Fsp3) is 0.643. The van der Waals surface area contributed by atoms with Crippen LogP contribution in [0.3, 0.4) is 0 Å². The van der Waals surface area contributed by atoms with E-state index in [4.69, 9.17) is 4.74 Å². The Morgan fingerprint density at radius 3 is 3.22 bits per heavy atom. The van der Waals surface area contributed by atoms with Crippen molar-refractivity contribution in [2.75, 3.05) is 33.3 Å². The van der Waals surface area contributed by atoms with Gasteiger partial charge in [0.2, 0.25) is 0 Å². The molecule has 0 aliphatic carbocycles. The van der Waals surface area contributed by atoms with Crippen molar-refractivity contribution in [3.05, 3.63) is 30.1 Å². The maximum Gasteiger partial charge on any atom is 0.0700 e. The quantitative estimate of drug-likeness (QED) is 0.739. The van der Waals surface area contributed by atoms with Crippen molar-refractivity contribution in [2.45, 2.75) is 25.5 Å². The Bertz CT molecular complexity index is 325. The van der Waals surface area contributed by atoms with Crippen LogP contribution in [0.2, 0.25) is 0 Å². The molecule has 0 radical (unpaired) electrons. The Morgan fingerprint density at radius 2 is 2.50 bits per heavy atom. The van der Waals surface area contributed by atoms with Gasteiger partial charge in [0, 0.05) is 45.2 Å². The van der Waals surface area contributed by atoms with E-state index in [9.17, 15) is 0 Å². The van der Waals surface area contributed by atoms with Gasteiger partial charge in [0.15, 0.2) is 0 Å². The highest BCUT2D eigenvalue weighted by Gasteiger charge is 2.14. The molecular weight excluding hydrogens is 226 g/mol. The minimum atomic E-state index is 0.439. The lowest BCUT2D eigenvalue weighted by Crippen LogP contribution is -2.33. The predicted molar refractivity (Wildman–Crippen MR) is 72.4 cm³/mol. The Morgan fingerprint density at radius 1 is 1.56 bits per heavy atom. The molecule has 0 bridgehead atoms. The normalized spacial score (nSPS) is 19.6.